The van der Waals surface area contributed by atoms with Crippen LogP contribution in [0.1, 0.15) is 37.2 Å². The van der Waals surface area contributed by atoms with Crippen LogP contribution in [0.3, 0.4) is 0 Å². The van der Waals surface area contributed by atoms with Gasteiger partial charge in [0, 0.05) is 23.8 Å². The summed E-state index contributed by atoms with van der Waals surface area (Å²) in [7, 11) is 0. The van der Waals surface area contributed by atoms with E-state index in [1.807, 2.05) is 12.1 Å². The zero-order valence-electron chi connectivity index (χ0n) is 12.2. The summed E-state index contributed by atoms with van der Waals surface area (Å²) in [6.45, 7) is 2.22. The van der Waals surface area contributed by atoms with E-state index in [1.165, 1.54) is 6.42 Å². The lowest BCUT2D eigenvalue weighted by atomic mass is 10.2. The molecule has 3 rings (SSSR count). The first-order valence-corrected chi connectivity index (χ1v) is 8.12. The van der Waals surface area contributed by atoms with Crippen LogP contribution < -0.4 is 5.32 Å². The Bertz CT molecular complexity index is 696. The van der Waals surface area contributed by atoms with Gasteiger partial charge in [0.15, 0.2) is 0 Å². The van der Waals surface area contributed by atoms with Crippen LogP contribution in [0.2, 0.25) is 10.0 Å². The number of benzene rings is 1. The van der Waals surface area contributed by atoms with E-state index < -0.39 is 0 Å². The van der Waals surface area contributed by atoms with Crippen molar-refractivity contribution in [1.29, 1.82) is 0 Å². The molecular formula is C17H17Cl2NO2. The van der Waals surface area contributed by atoms with Crippen LogP contribution in [0.5, 0.6) is 0 Å². The maximum atomic E-state index is 12.0. The average molecular weight is 338 g/mol. The Kier molecular flexibility index (Phi) is 4.46. The molecule has 2 atom stereocenters. The number of aryl methyl sites for hydroxylation is 1. The molecule has 22 heavy (non-hydrogen) atoms. The molecule has 5 heteroatoms. The van der Waals surface area contributed by atoms with E-state index in [9.17, 15) is 4.79 Å². The summed E-state index contributed by atoms with van der Waals surface area (Å²) in [5.74, 6) is 3.06. The minimum absolute atomic E-state index is 0.109. The highest BCUT2D eigenvalue weighted by molar-refractivity contribution is 6.35. The van der Waals surface area contributed by atoms with E-state index in [0.717, 1.165) is 11.5 Å². The molecule has 1 N–H and O–H groups in total. The third-order valence-corrected chi connectivity index (χ3v) is 4.52. The number of anilines is 1. The summed E-state index contributed by atoms with van der Waals surface area (Å²) in [6.07, 6.45) is 2.11. The zero-order valence-corrected chi connectivity index (χ0v) is 13.7. The van der Waals surface area contributed by atoms with Crippen molar-refractivity contribution in [2.24, 2.45) is 5.92 Å². The van der Waals surface area contributed by atoms with Gasteiger partial charge in [-0.25, -0.2) is 0 Å². The number of hydrogen-bond donors (Lipinski definition) is 1. The molecule has 1 heterocycles. The van der Waals surface area contributed by atoms with Gasteiger partial charge in [-0.2, -0.15) is 0 Å². The van der Waals surface area contributed by atoms with E-state index in [-0.39, 0.29) is 5.91 Å². The van der Waals surface area contributed by atoms with Gasteiger partial charge < -0.3 is 9.73 Å². The first-order chi connectivity index (χ1) is 10.5. The van der Waals surface area contributed by atoms with E-state index in [2.05, 4.69) is 12.2 Å². The van der Waals surface area contributed by atoms with Gasteiger partial charge in [-0.1, -0.05) is 30.1 Å². The van der Waals surface area contributed by atoms with Crippen molar-refractivity contribution >= 4 is 34.8 Å². The predicted octanol–water partition coefficient (Wildman–Crippen LogP) is 5.28. The van der Waals surface area contributed by atoms with E-state index in [4.69, 9.17) is 27.6 Å². The van der Waals surface area contributed by atoms with Crippen molar-refractivity contribution in [3.63, 3.8) is 0 Å². The molecule has 1 aromatic carbocycles. The normalized spacial score (nSPS) is 20.0. The number of halogens is 2. The number of amides is 1. The molecule has 0 unspecified atom stereocenters. The van der Waals surface area contributed by atoms with Gasteiger partial charge in [0.1, 0.15) is 11.5 Å². The Morgan fingerprint density at radius 2 is 2.09 bits per heavy atom. The number of furan rings is 1. The number of carbonyl (C=O) groups is 1. The molecule has 116 valence electrons. The minimum Gasteiger partial charge on any atom is -0.466 e. The zero-order chi connectivity index (χ0) is 15.7. The second-order valence-electron chi connectivity index (χ2n) is 5.80. The van der Waals surface area contributed by atoms with Crippen LogP contribution in [0, 0.1) is 5.92 Å². The molecule has 1 amide bonds. The highest BCUT2D eigenvalue weighted by Gasteiger charge is 2.36. The molecule has 0 radical (unpaired) electrons. The Balaban J connectivity index is 1.54. The molecule has 2 aromatic rings. The monoisotopic (exact) mass is 337 g/mol. The fourth-order valence-corrected chi connectivity index (χ4v) is 2.83. The fraction of sp³-hybridized carbons (Fsp3) is 0.353. The van der Waals surface area contributed by atoms with E-state index in [0.29, 0.717) is 40.4 Å². The molecule has 0 saturated heterocycles. The SMILES string of the molecule is C[C@H]1C[C@H]1c1ccc(CCC(=O)Nc2cc(Cl)ccc2Cl)o1. The van der Waals surface area contributed by atoms with Crippen LogP contribution in [0.15, 0.2) is 34.7 Å². The lowest BCUT2D eigenvalue weighted by Gasteiger charge is -2.07. The second-order valence-corrected chi connectivity index (χ2v) is 6.64. The van der Waals surface area contributed by atoms with Gasteiger partial charge in [0.05, 0.1) is 10.7 Å². The largest absolute Gasteiger partial charge is 0.466 e. The maximum Gasteiger partial charge on any atom is 0.224 e. The molecule has 1 aromatic heterocycles. The van der Waals surface area contributed by atoms with Crippen LogP contribution in [-0.4, -0.2) is 5.91 Å². The van der Waals surface area contributed by atoms with Crippen molar-refractivity contribution in [3.8, 4) is 0 Å². The molecule has 0 spiro atoms. The van der Waals surface area contributed by atoms with Crippen molar-refractivity contribution in [2.75, 3.05) is 5.32 Å². The van der Waals surface area contributed by atoms with E-state index in [1.54, 1.807) is 18.2 Å². The molecule has 3 nitrogen and oxygen atoms in total. The van der Waals surface area contributed by atoms with Gasteiger partial charge in [0.25, 0.3) is 0 Å². The summed E-state index contributed by atoms with van der Waals surface area (Å²) in [6, 6.07) is 8.97. The highest BCUT2D eigenvalue weighted by Crippen LogP contribution is 2.47. The van der Waals surface area contributed by atoms with Crippen LogP contribution in [-0.2, 0) is 11.2 Å². The van der Waals surface area contributed by atoms with Crippen LogP contribution in [0.25, 0.3) is 0 Å². The third kappa shape index (κ3) is 3.65. The molecule has 0 aliphatic heterocycles. The average Bonchev–Trinajstić information content (AvgIpc) is 3.02. The van der Waals surface area contributed by atoms with Crippen LogP contribution >= 0.6 is 23.2 Å². The maximum absolute atomic E-state index is 12.0. The lowest BCUT2D eigenvalue weighted by molar-refractivity contribution is -0.116. The Morgan fingerprint density at radius 1 is 1.32 bits per heavy atom. The summed E-state index contributed by atoms with van der Waals surface area (Å²) in [5.41, 5.74) is 0.533. The van der Waals surface area contributed by atoms with E-state index >= 15 is 0 Å². The number of carbonyl (C=O) groups excluding carboxylic acids is 1. The molecule has 0 bridgehead atoms. The summed E-state index contributed by atoms with van der Waals surface area (Å²) in [5, 5.41) is 3.78. The van der Waals surface area contributed by atoms with Crippen molar-refractivity contribution in [2.45, 2.75) is 32.1 Å². The number of hydrogen-bond acceptors (Lipinski definition) is 2. The molecular weight excluding hydrogens is 321 g/mol. The minimum atomic E-state index is -0.109. The smallest absolute Gasteiger partial charge is 0.224 e. The summed E-state index contributed by atoms with van der Waals surface area (Å²) >= 11 is 11.9. The Hall–Kier alpha value is -1.45. The molecule has 1 aliphatic rings. The van der Waals surface area contributed by atoms with Crippen molar-refractivity contribution in [3.05, 3.63) is 51.9 Å². The van der Waals surface area contributed by atoms with Gasteiger partial charge >= 0.3 is 0 Å². The summed E-state index contributed by atoms with van der Waals surface area (Å²) in [4.78, 5) is 12.0. The second kappa shape index (κ2) is 6.35. The Labute approximate surface area is 139 Å². The van der Waals surface area contributed by atoms with Gasteiger partial charge in [-0.05, 0) is 42.7 Å². The highest BCUT2D eigenvalue weighted by atomic mass is 35.5. The molecule has 1 saturated carbocycles. The van der Waals surface area contributed by atoms with Crippen molar-refractivity contribution in [1.82, 2.24) is 0 Å². The quantitative estimate of drug-likeness (QED) is 0.806. The topological polar surface area (TPSA) is 42.2 Å². The fourth-order valence-electron chi connectivity index (χ4n) is 2.49. The van der Waals surface area contributed by atoms with Crippen LogP contribution in [0.4, 0.5) is 5.69 Å². The Morgan fingerprint density at radius 3 is 2.82 bits per heavy atom. The van der Waals surface area contributed by atoms with Gasteiger partial charge in [-0.3, -0.25) is 4.79 Å². The van der Waals surface area contributed by atoms with Gasteiger partial charge in [-0.15, -0.1) is 0 Å². The first kappa shape index (κ1) is 15.4. The van der Waals surface area contributed by atoms with Crippen molar-refractivity contribution < 1.29 is 9.21 Å². The third-order valence-electron chi connectivity index (χ3n) is 3.96. The number of rotatable bonds is 5. The van der Waals surface area contributed by atoms with Gasteiger partial charge in [0.2, 0.25) is 5.91 Å². The molecule has 1 fully saturated rings. The number of nitrogens with one attached hydrogen (secondary N) is 1. The summed E-state index contributed by atoms with van der Waals surface area (Å²) < 4.78 is 5.79. The standard InChI is InChI=1S/C17H17Cl2NO2/c1-10-8-13(10)16-6-3-12(22-16)4-7-17(21)20-15-9-11(18)2-5-14(15)19/h2-3,5-6,9-10,13H,4,7-8H2,1H3,(H,20,21)/t10-,13+/m0/s1. The lowest BCUT2D eigenvalue weighted by Crippen LogP contribution is -2.12. The first-order valence-electron chi connectivity index (χ1n) is 7.36. The molecule has 1 aliphatic carbocycles. The predicted molar refractivity (Wildman–Crippen MR) is 88.6 cm³/mol.